The summed E-state index contributed by atoms with van der Waals surface area (Å²) in [7, 11) is 0. The van der Waals surface area contributed by atoms with E-state index in [2.05, 4.69) is 69.4 Å². The van der Waals surface area contributed by atoms with Crippen LogP contribution in [0, 0.1) is 0 Å². The van der Waals surface area contributed by atoms with E-state index in [0.717, 1.165) is 89.9 Å². The molecule has 6 nitrogen and oxygen atoms in total. The van der Waals surface area contributed by atoms with E-state index in [9.17, 15) is 14.4 Å². The van der Waals surface area contributed by atoms with Gasteiger partial charge in [-0.25, -0.2) is 0 Å². The van der Waals surface area contributed by atoms with Crippen molar-refractivity contribution in [3.8, 4) is 0 Å². The zero-order valence-corrected chi connectivity index (χ0v) is 39.7. The molecule has 1 unspecified atom stereocenters. The number of rotatable bonds is 46. The number of allylic oxidation sites excluding steroid dienone is 8. The van der Waals surface area contributed by atoms with Gasteiger partial charge in [0, 0.05) is 19.3 Å². The van der Waals surface area contributed by atoms with Gasteiger partial charge >= 0.3 is 17.9 Å². The zero-order valence-electron chi connectivity index (χ0n) is 39.7. The normalized spacial score (nSPS) is 12.4. The van der Waals surface area contributed by atoms with Crippen molar-refractivity contribution >= 4 is 17.9 Å². The van der Waals surface area contributed by atoms with E-state index in [-0.39, 0.29) is 31.1 Å². The summed E-state index contributed by atoms with van der Waals surface area (Å²) in [6, 6.07) is 0. The Balaban J connectivity index is 4.36. The van der Waals surface area contributed by atoms with Crippen LogP contribution in [-0.2, 0) is 28.6 Å². The summed E-state index contributed by atoms with van der Waals surface area (Å²) in [6.07, 6.45) is 58.1. The van der Waals surface area contributed by atoms with Gasteiger partial charge < -0.3 is 14.2 Å². The van der Waals surface area contributed by atoms with Gasteiger partial charge in [-0.2, -0.15) is 0 Å². The number of hydrogen-bond acceptors (Lipinski definition) is 6. The summed E-state index contributed by atoms with van der Waals surface area (Å²) >= 11 is 0. The predicted octanol–water partition coefficient (Wildman–Crippen LogP) is 16.7. The van der Waals surface area contributed by atoms with Crippen molar-refractivity contribution in [3.05, 3.63) is 48.6 Å². The highest BCUT2D eigenvalue weighted by Crippen LogP contribution is 2.14. The second-order valence-corrected chi connectivity index (χ2v) is 17.1. The first-order valence-corrected chi connectivity index (χ1v) is 25.7. The van der Waals surface area contributed by atoms with Gasteiger partial charge in [0.2, 0.25) is 0 Å². The maximum absolute atomic E-state index is 12.8. The van der Waals surface area contributed by atoms with Crippen LogP contribution in [0.15, 0.2) is 48.6 Å². The van der Waals surface area contributed by atoms with E-state index < -0.39 is 6.10 Å². The summed E-state index contributed by atoms with van der Waals surface area (Å²) in [5, 5.41) is 0. The molecule has 0 aromatic rings. The van der Waals surface area contributed by atoms with E-state index in [0.29, 0.717) is 19.3 Å². The highest BCUT2D eigenvalue weighted by atomic mass is 16.6. The van der Waals surface area contributed by atoms with Crippen LogP contribution in [0.4, 0.5) is 0 Å². The molecular formula is C54H96O6. The second kappa shape index (κ2) is 49.0. The molecule has 0 radical (unpaired) electrons. The summed E-state index contributed by atoms with van der Waals surface area (Å²) in [5.74, 6) is -0.906. The minimum Gasteiger partial charge on any atom is -0.462 e. The smallest absolute Gasteiger partial charge is 0.306 e. The Labute approximate surface area is 371 Å². The van der Waals surface area contributed by atoms with Gasteiger partial charge in [-0.1, -0.05) is 217 Å². The summed E-state index contributed by atoms with van der Waals surface area (Å²) in [5.41, 5.74) is 0. The van der Waals surface area contributed by atoms with E-state index in [1.165, 1.54) is 128 Å². The van der Waals surface area contributed by atoms with Gasteiger partial charge in [-0.3, -0.25) is 14.4 Å². The van der Waals surface area contributed by atoms with Gasteiger partial charge in [0.25, 0.3) is 0 Å². The second-order valence-electron chi connectivity index (χ2n) is 17.1. The molecule has 0 fully saturated rings. The van der Waals surface area contributed by atoms with Crippen molar-refractivity contribution in [2.75, 3.05) is 13.2 Å². The fraction of sp³-hybridized carbons (Fsp3) is 0.796. The van der Waals surface area contributed by atoms with Crippen LogP contribution in [0.1, 0.15) is 258 Å². The average Bonchev–Trinajstić information content (AvgIpc) is 3.24. The number of carbonyl (C=O) groups excluding carboxylic acids is 3. The molecule has 6 heteroatoms. The third-order valence-electron chi connectivity index (χ3n) is 11.1. The van der Waals surface area contributed by atoms with Crippen LogP contribution in [0.5, 0.6) is 0 Å². The first-order chi connectivity index (χ1) is 29.5. The zero-order chi connectivity index (χ0) is 43.7. The quantitative estimate of drug-likeness (QED) is 0.0263. The lowest BCUT2D eigenvalue weighted by Crippen LogP contribution is -2.30. The molecular weight excluding hydrogens is 745 g/mol. The lowest BCUT2D eigenvalue weighted by molar-refractivity contribution is -0.167. The van der Waals surface area contributed by atoms with Crippen molar-refractivity contribution in [2.45, 2.75) is 264 Å². The SMILES string of the molecule is CCCCC/C=C\C=C/CCCCCCCCC(=O)OC(COC(=O)CCCCCCC/C=C\C=C/CCCCCCCCC)COC(=O)CCCCCCCCCCC. The molecule has 0 saturated carbocycles. The van der Waals surface area contributed by atoms with Gasteiger partial charge in [0.15, 0.2) is 6.10 Å². The summed E-state index contributed by atoms with van der Waals surface area (Å²) in [6.45, 7) is 6.57. The average molecular weight is 841 g/mol. The summed E-state index contributed by atoms with van der Waals surface area (Å²) in [4.78, 5) is 37.9. The Bertz CT molecular complexity index is 1060. The molecule has 0 N–H and O–H groups in total. The topological polar surface area (TPSA) is 78.9 Å². The molecule has 0 saturated heterocycles. The van der Waals surface area contributed by atoms with Crippen LogP contribution < -0.4 is 0 Å². The van der Waals surface area contributed by atoms with Crippen molar-refractivity contribution < 1.29 is 28.6 Å². The first kappa shape index (κ1) is 57.4. The Hall–Kier alpha value is -2.63. The fourth-order valence-corrected chi connectivity index (χ4v) is 7.19. The first-order valence-electron chi connectivity index (χ1n) is 25.7. The highest BCUT2D eigenvalue weighted by Gasteiger charge is 2.19. The third kappa shape index (κ3) is 46.4. The Morgan fingerprint density at radius 2 is 0.583 bits per heavy atom. The Morgan fingerprint density at radius 1 is 0.333 bits per heavy atom. The van der Waals surface area contributed by atoms with E-state index in [1.807, 2.05) is 0 Å². The van der Waals surface area contributed by atoms with Crippen LogP contribution in [0.25, 0.3) is 0 Å². The molecule has 348 valence electrons. The lowest BCUT2D eigenvalue weighted by atomic mass is 10.1. The molecule has 0 heterocycles. The number of ether oxygens (including phenoxy) is 3. The van der Waals surface area contributed by atoms with Crippen LogP contribution >= 0.6 is 0 Å². The van der Waals surface area contributed by atoms with Gasteiger partial charge in [0.1, 0.15) is 13.2 Å². The Morgan fingerprint density at radius 3 is 0.917 bits per heavy atom. The molecule has 0 aromatic heterocycles. The maximum atomic E-state index is 12.8. The van der Waals surface area contributed by atoms with Crippen LogP contribution in [-0.4, -0.2) is 37.2 Å². The minimum absolute atomic E-state index is 0.0815. The number of esters is 3. The molecule has 0 aliphatic carbocycles. The standard InChI is InChI=1S/C54H96O6/c1-4-7-10-13-16-19-21-23-25-26-27-29-30-32-35-38-41-44-47-53(56)59-50-51(49-58-52(55)46-43-40-37-34-18-15-12-9-6-3)60-54(57)48-45-42-39-36-33-31-28-24-22-20-17-14-11-8-5-2/h17,20,22,24-27,29,51H,4-16,18-19,21,23,28,30-50H2,1-3H3/b20-17-,24-22-,26-25-,29-27-. The monoisotopic (exact) mass is 841 g/mol. The molecule has 0 aliphatic rings. The molecule has 1 atom stereocenters. The van der Waals surface area contributed by atoms with Crippen LogP contribution in [0.2, 0.25) is 0 Å². The van der Waals surface area contributed by atoms with Crippen molar-refractivity contribution in [1.82, 2.24) is 0 Å². The summed E-state index contributed by atoms with van der Waals surface area (Å²) < 4.78 is 16.7. The highest BCUT2D eigenvalue weighted by molar-refractivity contribution is 5.71. The fourth-order valence-electron chi connectivity index (χ4n) is 7.19. The third-order valence-corrected chi connectivity index (χ3v) is 11.1. The maximum Gasteiger partial charge on any atom is 0.306 e. The van der Waals surface area contributed by atoms with E-state index >= 15 is 0 Å². The predicted molar refractivity (Wildman–Crippen MR) is 256 cm³/mol. The number of hydrogen-bond donors (Lipinski definition) is 0. The molecule has 0 aliphatic heterocycles. The lowest BCUT2D eigenvalue weighted by Gasteiger charge is -2.18. The molecule has 0 aromatic carbocycles. The van der Waals surface area contributed by atoms with Crippen molar-refractivity contribution in [3.63, 3.8) is 0 Å². The Kier molecular flexibility index (Phi) is 46.9. The van der Waals surface area contributed by atoms with Gasteiger partial charge in [0.05, 0.1) is 0 Å². The van der Waals surface area contributed by atoms with Gasteiger partial charge in [-0.05, 0) is 70.6 Å². The van der Waals surface area contributed by atoms with E-state index in [4.69, 9.17) is 14.2 Å². The van der Waals surface area contributed by atoms with E-state index in [1.54, 1.807) is 0 Å². The van der Waals surface area contributed by atoms with Crippen molar-refractivity contribution in [1.29, 1.82) is 0 Å². The molecule has 0 rings (SSSR count). The largest absolute Gasteiger partial charge is 0.462 e. The minimum atomic E-state index is -0.781. The van der Waals surface area contributed by atoms with Gasteiger partial charge in [-0.15, -0.1) is 0 Å². The molecule has 0 amide bonds. The van der Waals surface area contributed by atoms with Crippen LogP contribution in [0.3, 0.4) is 0 Å². The number of unbranched alkanes of at least 4 members (excludes halogenated alkanes) is 29. The molecule has 0 bridgehead atoms. The van der Waals surface area contributed by atoms with Crippen molar-refractivity contribution in [2.24, 2.45) is 0 Å². The molecule has 0 spiro atoms. The number of carbonyl (C=O) groups is 3. The molecule has 60 heavy (non-hydrogen) atoms.